The molecule has 9 nitrogen and oxygen atoms in total. The van der Waals surface area contributed by atoms with Crippen molar-refractivity contribution in [2.45, 2.75) is 24.4 Å². The zero-order chi connectivity index (χ0) is 20.9. The number of nitrogens with one attached hydrogen (secondary N) is 1. The molecule has 3 aliphatic rings. The summed E-state index contributed by atoms with van der Waals surface area (Å²) in [5.74, 6) is -4.56. The van der Waals surface area contributed by atoms with Crippen molar-refractivity contribution in [3.63, 3.8) is 0 Å². The topological polar surface area (TPSA) is 135 Å². The lowest BCUT2D eigenvalue weighted by atomic mass is 9.76. The number of hydrogen-bond donors (Lipinski definition) is 3. The molecule has 29 heavy (non-hydrogen) atoms. The number of rotatable bonds is 6. The minimum atomic E-state index is -1.51. The van der Waals surface area contributed by atoms with Crippen molar-refractivity contribution in [3.05, 3.63) is 29.6 Å². The maximum Gasteiger partial charge on any atom is 0.291 e. The molecule has 0 unspecified atom stereocenters. The van der Waals surface area contributed by atoms with Crippen LogP contribution in [0.2, 0.25) is 0 Å². The van der Waals surface area contributed by atoms with Crippen LogP contribution in [0.3, 0.4) is 0 Å². The first-order valence-corrected chi connectivity index (χ1v) is 9.41. The number of fused-ring (bicyclic) bond motifs is 4. The summed E-state index contributed by atoms with van der Waals surface area (Å²) in [7, 11) is 1.52. The van der Waals surface area contributed by atoms with Crippen molar-refractivity contribution in [3.8, 4) is 0 Å². The van der Waals surface area contributed by atoms with Crippen molar-refractivity contribution < 1.29 is 33.6 Å². The number of anilines is 1. The van der Waals surface area contributed by atoms with Gasteiger partial charge in [0.05, 0.1) is 12.1 Å². The number of primary amides is 1. The van der Waals surface area contributed by atoms with E-state index in [0.29, 0.717) is 24.3 Å². The predicted octanol–water partition coefficient (Wildman–Crippen LogP) is -1.57. The molecule has 0 radical (unpaired) electrons. The Balaban J connectivity index is 1.80. The number of nitrogens with two attached hydrogens (primary N) is 2. The molecule has 1 aromatic carbocycles. The Hall–Kier alpha value is -2.85. The Morgan fingerprint density at radius 2 is 2.10 bits per heavy atom. The molecule has 154 valence electrons. The molecule has 1 aromatic rings. The number of halogens is 1. The summed E-state index contributed by atoms with van der Waals surface area (Å²) in [6.45, 7) is 0.512. The van der Waals surface area contributed by atoms with Crippen LogP contribution >= 0.6 is 0 Å². The highest BCUT2D eigenvalue weighted by Crippen LogP contribution is 2.49. The van der Waals surface area contributed by atoms with Gasteiger partial charge in [0.25, 0.3) is 5.91 Å². The fraction of sp³-hybridized carbons (Fsp3) is 0.474. The van der Waals surface area contributed by atoms with Crippen LogP contribution in [0.5, 0.6) is 0 Å². The molecule has 2 fully saturated rings. The standard InChI is InChI=1S/C19H21FN4O5/c1-29-6-2-5-24-16(26)14-12(8-13(21)25)23-19(15(14)17(24)27)10-7-9(20)3-4-11(10)22-18(19)28/h3-4,7,12,14-15,23H,2,5-6,8H2,1H3,(H2,21,25)(H,22,28)/p+1/t12-,14+,15-,19+/m0/s1. The Morgan fingerprint density at radius 1 is 1.34 bits per heavy atom. The van der Waals surface area contributed by atoms with Gasteiger partial charge in [-0.3, -0.25) is 24.1 Å². The third kappa shape index (κ3) is 2.74. The van der Waals surface area contributed by atoms with E-state index in [4.69, 9.17) is 10.5 Å². The van der Waals surface area contributed by atoms with Crippen LogP contribution < -0.4 is 16.4 Å². The average molecular weight is 405 g/mol. The van der Waals surface area contributed by atoms with Crippen molar-refractivity contribution >= 4 is 29.3 Å². The molecule has 0 saturated carbocycles. The van der Waals surface area contributed by atoms with E-state index >= 15 is 0 Å². The summed E-state index contributed by atoms with van der Waals surface area (Å²) in [5.41, 5.74) is 4.56. The molecule has 4 amide bonds. The van der Waals surface area contributed by atoms with E-state index in [9.17, 15) is 23.6 Å². The minimum Gasteiger partial charge on any atom is -0.385 e. The van der Waals surface area contributed by atoms with E-state index in [1.807, 2.05) is 0 Å². The molecule has 0 bridgehead atoms. The van der Waals surface area contributed by atoms with Crippen LogP contribution in [0.4, 0.5) is 10.1 Å². The molecule has 3 aliphatic heterocycles. The SMILES string of the molecule is COCCCN1C(=O)[C@@H]2[C@H](CC(N)=O)[NH2+][C@@]3(C(=O)Nc4ccc(F)cc43)[C@@H]2C1=O. The van der Waals surface area contributed by atoms with E-state index in [1.165, 1.54) is 25.3 Å². The highest BCUT2D eigenvalue weighted by atomic mass is 19.1. The van der Waals surface area contributed by atoms with Crippen molar-refractivity contribution in [1.29, 1.82) is 0 Å². The number of ether oxygens (including phenoxy) is 1. The monoisotopic (exact) mass is 405 g/mol. The smallest absolute Gasteiger partial charge is 0.291 e. The number of benzene rings is 1. The van der Waals surface area contributed by atoms with Gasteiger partial charge in [-0.15, -0.1) is 0 Å². The van der Waals surface area contributed by atoms with Crippen molar-refractivity contribution in [2.75, 3.05) is 25.6 Å². The van der Waals surface area contributed by atoms with Crippen LogP contribution in [0.25, 0.3) is 0 Å². The summed E-state index contributed by atoms with van der Waals surface area (Å²) in [5, 5.41) is 4.24. The number of carbonyl (C=O) groups is 4. The molecule has 4 atom stereocenters. The number of nitrogens with zero attached hydrogens (tertiary/aromatic N) is 1. The van der Waals surface area contributed by atoms with E-state index in [0.717, 1.165) is 4.90 Å². The molecule has 10 heteroatoms. The number of imide groups is 1. The Morgan fingerprint density at radius 3 is 2.79 bits per heavy atom. The van der Waals surface area contributed by atoms with Crippen LogP contribution in [0, 0.1) is 17.7 Å². The zero-order valence-electron chi connectivity index (χ0n) is 15.8. The zero-order valence-corrected chi connectivity index (χ0v) is 15.8. The first kappa shape index (κ1) is 19.5. The Labute approximate surface area is 165 Å². The molecule has 4 rings (SSSR count). The summed E-state index contributed by atoms with van der Waals surface area (Å²) < 4.78 is 19.0. The van der Waals surface area contributed by atoms with Gasteiger partial charge in [-0.05, 0) is 24.6 Å². The molecule has 0 aliphatic carbocycles. The Bertz CT molecular complexity index is 922. The number of carbonyl (C=O) groups excluding carboxylic acids is 4. The van der Waals surface area contributed by atoms with E-state index < -0.39 is 52.9 Å². The maximum atomic E-state index is 14.0. The molecule has 5 N–H and O–H groups in total. The summed E-state index contributed by atoms with van der Waals surface area (Å²) in [6.07, 6.45) is 0.272. The quantitative estimate of drug-likeness (QED) is 0.388. The van der Waals surface area contributed by atoms with Crippen LogP contribution in [-0.4, -0.2) is 54.8 Å². The second-order valence-electron chi connectivity index (χ2n) is 7.69. The summed E-state index contributed by atoms with van der Waals surface area (Å²) in [4.78, 5) is 52.2. The first-order valence-electron chi connectivity index (χ1n) is 9.41. The number of quaternary nitrogens is 1. The lowest BCUT2D eigenvalue weighted by Crippen LogP contribution is -2.99. The van der Waals surface area contributed by atoms with Crippen LogP contribution in [-0.2, 0) is 29.5 Å². The molecule has 1 spiro atoms. The number of hydrogen-bond acceptors (Lipinski definition) is 5. The number of methoxy groups -OCH3 is 1. The summed E-state index contributed by atoms with van der Waals surface area (Å²) >= 11 is 0. The molecule has 2 saturated heterocycles. The summed E-state index contributed by atoms with van der Waals surface area (Å²) in [6, 6.07) is 3.16. The van der Waals surface area contributed by atoms with Gasteiger partial charge in [0.1, 0.15) is 23.7 Å². The van der Waals surface area contributed by atoms with Gasteiger partial charge in [-0.1, -0.05) is 0 Å². The lowest BCUT2D eigenvalue weighted by Gasteiger charge is -2.26. The van der Waals surface area contributed by atoms with Crippen LogP contribution in [0.15, 0.2) is 18.2 Å². The van der Waals surface area contributed by atoms with E-state index in [1.54, 1.807) is 5.32 Å². The second-order valence-corrected chi connectivity index (χ2v) is 7.69. The number of amides is 4. The molecule has 0 aromatic heterocycles. The third-order valence-corrected chi connectivity index (χ3v) is 6.09. The van der Waals surface area contributed by atoms with Gasteiger partial charge in [-0.2, -0.15) is 0 Å². The van der Waals surface area contributed by atoms with Gasteiger partial charge >= 0.3 is 0 Å². The number of likely N-dealkylation sites (tertiary alicyclic amines) is 1. The fourth-order valence-electron chi connectivity index (χ4n) is 5.00. The highest BCUT2D eigenvalue weighted by Gasteiger charge is 2.74. The Kier molecular flexibility index (Phi) is 4.62. The maximum absolute atomic E-state index is 14.0. The van der Waals surface area contributed by atoms with Crippen molar-refractivity contribution in [2.24, 2.45) is 17.6 Å². The highest BCUT2D eigenvalue weighted by molar-refractivity contribution is 6.14. The largest absolute Gasteiger partial charge is 0.385 e. The molecule has 3 heterocycles. The fourth-order valence-corrected chi connectivity index (χ4v) is 5.00. The van der Waals surface area contributed by atoms with Crippen LogP contribution in [0.1, 0.15) is 18.4 Å². The molecular formula is C19H22FN4O5+. The third-order valence-electron chi connectivity index (χ3n) is 6.09. The first-order chi connectivity index (χ1) is 13.8. The lowest BCUT2D eigenvalue weighted by molar-refractivity contribution is -0.732. The van der Waals surface area contributed by atoms with Gasteiger partial charge in [0, 0.05) is 25.8 Å². The average Bonchev–Trinajstić information content (AvgIpc) is 3.22. The molecular weight excluding hydrogens is 383 g/mol. The second kappa shape index (κ2) is 6.89. The van der Waals surface area contributed by atoms with E-state index in [-0.39, 0.29) is 13.0 Å². The normalized spacial score (nSPS) is 30.1. The predicted molar refractivity (Wildman–Crippen MR) is 96.4 cm³/mol. The van der Waals surface area contributed by atoms with Gasteiger partial charge in [-0.25, -0.2) is 4.39 Å². The van der Waals surface area contributed by atoms with Crippen molar-refractivity contribution in [1.82, 2.24) is 4.90 Å². The minimum absolute atomic E-state index is 0.148. The van der Waals surface area contributed by atoms with Gasteiger partial charge in [0.2, 0.25) is 23.3 Å². The van der Waals surface area contributed by atoms with Gasteiger partial charge < -0.3 is 21.1 Å². The van der Waals surface area contributed by atoms with E-state index in [2.05, 4.69) is 5.32 Å². The van der Waals surface area contributed by atoms with Gasteiger partial charge in [0.15, 0.2) is 0 Å².